The van der Waals surface area contributed by atoms with Crippen LogP contribution < -0.4 is 0 Å². The molecule has 1 aliphatic rings. The van der Waals surface area contributed by atoms with E-state index >= 15 is 0 Å². The molecule has 2 rings (SSSR count). The SMILES string of the molecule is COCCCN1C(=O)C(c2ccccc2)C(=O)N(CCCOC(C)=O)C1=O. The molecule has 27 heavy (non-hydrogen) atoms. The third-order valence-corrected chi connectivity index (χ3v) is 4.18. The number of hydrogen-bond donors (Lipinski definition) is 0. The number of urea groups is 1. The van der Waals surface area contributed by atoms with Gasteiger partial charge in [0.15, 0.2) is 0 Å². The van der Waals surface area contributed by atoms with Crippen molar-refractivity contribution in [2.45, 2.75) is 25.7 Å². The lowest BCUT2D eigenvalue weighted by Crippen LogP contribution is -2.59. The fourth-order valence-electron chi connectivity index (χ4n) is 2.90. The van der Waals surface area contributed by atoms with Crippen LogP contribution >= 0.6 is 0 Å². The van der Waals surface area contributed by atoms with E-state index in [-0.39, 0.29) is 19.7 Å². The van der Waals surface area contributed by atoms with Crippen LogP contribution in [-0.4, -0.2) is 67.0 Å². The zero-order chi connectivity index (χ0) is 19.8. The van der Waals surface area contributed by atoms with Crippen molar-refractivity contribution in [3.8, 4) is 0 Å². The first-order valence-electron chi connectivity index (χ1n) is 8.81. The number of carbonyl (C=O) groups excluding carboxylic acids is 4. The molecule has 4 amide bonds. The molecule has 146 valence electrons. The number of ether oxygens (including phenoxy) is 2. The lowest BCUT2D eigenvalue weighted by atomic mass is 9.94. The Morgan fingerprint density at radius 1 is 0.963 bits per heavy atom. The normalized spacial score (nSPS) is 17.4. The van der Waals surface area contributed by atoms with Crippen molar-refractivity contribution in [2.24, 2.45) is 0 Å². The molecule has 0 saturated carbocycles. The first-order valence-corrected chi connectivity index (χ1v) is 8.81. The second kappa shape index (κ2) is 9.82. The molecule has 0 radical (unpaired) electrons. The van der Waals surface area contributed by atoms with Crippen molar-refractivity contribution in [3.63, 3.8) is 0 Å². The van der Waals surface area contributed by atoms with Gasteiger partial charge in [-0.1, -0.05) is 30.3 Å². The van der Waals surface area contributed by atoms with E-state index in [0.29, 0.717) is 25.0 Å². The fourth-order valence-corrected chi connectivity index (χ4v) is 2.90. The molecule has 0 aromatic heterocycles. The quantitative estimate of drug-likeness (QED) is 0.369. The Labute approximate surface area is 158 Å². The number of barbiturate groups is 1. The van der Waals surface area contributed by atoms with E-state index in [1.807, 2.05) is 0 Å². The highest BCUT2D eigenvalue weighted by Gasteiger charge is 2.45. The predicted molar refractivity (Wildman–Crippen MR) is 95.7 cm³/mol. The summed E-state index contributed by atoms with van der Waals surface area (Å²) in [4.78, 5) is 51.5. The largest absolute Gasteiger partial charge is 0.466 e. The zero-order valence-electron chi connectivity index (χ0n) is 15.6. The summed E-state index contributed by atoms with van der Waals surface area (Å²) < 4.78 is 9.84. The molecule has 0 N–H and O–H groups in total. The average Bonchev–Trinajstić information content (AvgIpc) is 2.64. The molecule has 1 atom stereocenters. The summed E-state index contributed by atoms with van der Waals surface area (Å²) >= 11 is 0. The van der Waals surface area contributed by atoms with Crippen LogP contribution in [0.1, 0.15) is 31.2 Å². The molecule has 1 fully saturated rings. The third kappa shape index (κ3) is 5.13. The zero-order valence-corrected chi connectivity index (χ0v) is 15.6. The maximum atomic E-state index is 12.9. The average molecular weight is 376 g/mol. The minimum Gasteiger partial charge on any atom is -0.466 e. The number of hydrogen-bond acceptors (Lipinski definition) is 6. The van der Waals surface area contributed by atoms with Crippen LogP contribution in [0.2, 0.25) is 0 Å². The number of nitrogens with zero attached hydrogens (tertiary/aromatic N) is 2. The van der Waals surface area contributed by atoms with E-state index < -0.39 is 29.7 Å². The summed E-state index contributed by atoms with van der Waals surface area (Å²) in [6.07, 6.45) is 0.781. The van der Waals surface area contributed by atoms with Gasteiger partial charge in [0.05, 0.1) is 6.61 Å². The Bertz CT molecular complexity index is 691. The van der Waals surface area contributed by atoms with Crippen LogP contribution in [0.3, 0.4) is 0 Å². The molecule has 0 spiro atoms. The van der Waals surface area contributed by atoms with Gasteiger partial charge in [-0.05, 0) is 18.4 Å². The molecule has 8 heteroatoms. The molecule has 1 unspecified atom stereocenters. The molecule has 1 saturated heterocycles. The number of amides is 4. The highest BCUT2D eigenvalue weighted by molar-refractivity contribution is 6.19. The van der Waals surface area contributed by atoms with E-state index in [0.717, 1.165) is 9.80 Å². The van der Waals surface area contributed by atoms with Crippen LogP contribution in [-0.2, 0) is 23.9 Å². The van der Waals surface area contributed by atoms with Crippen molar-refractivity contribution in [1.29, 1.82) is 0 Å². The van der Waals surface area contributed by atoms with E-state index in [9.17, 15) is 19.2 Å². The summed E-state index contributed by atoms with van der Waals surface area (Å²) in [7, 11) is 1.54. The molecule has 1 aliphatic heterocycles. The van der Waals surface area contributed by atoms with Crippen molar-refractivity contribution in [3.05, 3.63) is 35.9 Å². The third-order valence-electron chi connectivity index (χ3n) is 4.18. The minimum atomic E-state index is -1.06. The smallest absolute Gasteiger partial charge is 0.333 e. The Hall–Kier alpha value is -2.74. The lowest BCUT2D eigenvalue weighted by Gasteiger charge is -2.37. The summed E-state index contributed by atoms with van der Waals surface area (Å²) in [5.41, 5.74) is 0.543. The molecule has 1 aromatic carbocycles. The van der Waals surface area contributed by atoms with Crippen molar-refractivity contribution in [2.75, 3.05) is 33.4 Å². The minimum absolute atomic E-state index is 0.0718. The molecule has 8 nitrogen and oxygen atoms in total. The Kier molecular flexibility index (Phi) is 7.48. The number of carbonyl (C=O) groups is 4. The lowest BCUT2D eigenvalue weighted by molar-refractivity contribution is -0.145. The van der Waals surface area contributed by atoms with Crippen LogP contribution in [0.25, 0.3) is 0 Å². The standard InChI is InChI=1S/C19H24N2O6/c1-14(22)27-13-7-11-21-18(24)16(15-8-4-3-5-9-15)17(23)20(19(21)25)10-6-12-26-2/h3-5,8-9,16H,6-7,10-13H2,1-2H3. The van der Waals surface area contributed by atoms with Gasteiger partial charge in [-0.15, -0.1) is 0 Å². The van der Waals surface area contributed by atoms with Crippen LogP contribution in [0, 0.1) is 0 Å². The van der Waals surface area contributed by atoms with Crippen LogP contribution in [0.5, 0.6) is 0 Å². The number of rotatable bonds is 9. The molecule has 1 heterocycles. The van der Waals surface area contributed by atoms with Gasteiger partial charge in [0, 0.05) is 33.7 Å². The maximum Gasteiger partial charge on any atom is 0.333 e. The van der Waals surface area contributed by atoms with Gasteiger partial charge in [0.25, 0.3) is 0 Å². The van der Waals surface area contributed by atoms with Crippen molar-refractivity contribution >= 4 is 23.8 Å². The van der Waals surface area contributed by atoms with Crippen molar-refractivity contribution in [1.82, 2.24) is 9.80 Å². The summed E-state index contributed by atoms with van der Waals surface area (Å²) in [6, 6.07) is 8.02. The number of benzene rings is 1. The topological polar surface area (TPSA) is 93.2 Å². The second-order valence-corrected chi connectivity index (χ2v) is 6.15. The van der Waals surface area contributed by atoms with Gasteiger partial charge >= 0.3 is 12.0 Å². The van der Waals surface area contributed by atoms with Crippen molar-refractivity contribution < 1.29 is 28.7 Å². The Morgan fingerprint density at radius 3 is 2.04 bits per heavy atom. The van der Waals surface area contributed by atoms with Crippen LogP contribution in [0.15, 0.2) is 30.3 Å². The second-order valence-electron chi connectivity index (χ2n) is 6.15. The molecule has 1 aromatic rings. The van der Waals surface area contributed by atoms with E-state index in [2.05, 4.69) is 0 Å². The van der Waals surface area contributed by atoms with Gasteiger partial charge in [-0.3, -0.25) is 24.2 Å². The van der Waals surface area contributed by atoms with Gasteiger partial charge in [0.2, 0.25) is 11.8 Å². The molecule has 0 bridgehead atoms. The monoisotopic (exact) mass is 376 g/mol. The van der Waals surface area contributed by atoms with E-state index in [1.54, 1.807) is 30.3 Å². The Morgan fingerprint density at radius 2 is 1.52 bits per heavy atom. The summed E-state index contributed by atoms with van der Waals surface area (Å²) in [5, 5.41) is 0. The van der Waals surface area contributed by atoms with E-state index in [1.165, 1.54) is 14.0 Å². The van der Waals surface area contributed by atoms with Gasteiger partial charge < -0.3 is 9.47 Å². The summed E-state index contributed by atoms with van der Waals surface area (Å²) in [5.74, 6) is -2.56. The highest BCUT2D eigenvalue weighted by Crippen LogP contribution is 2.27. The number of esters is 1. The predicted octanol–water partition coefficient (Wildman–Crippen LogP) is 1.55. The molecule has 0 aliphatic carbocycles. The Balaban J connectivity index is 2.20. The first-order chi connectivity index (χ1) is 13.0. The van der Waals surface area contributed by atoms with Gasteiger partial charge in [-0.2, -0.15) is 0 Å². The number of methoxy groups -OCH3 is 1. The van der Waals surface area contributed by atoms with Gasteiger partial charge in [0.1, 0.15) is 5.92 Å². The van der Waals surface area contributed by atoms with E-state index in [4.69, 9.17) is 9.47 Å². The summed E-state index contributed by atoms with van der Waals surface area (Å²) in [6.45, 7) is 2.03. The highest BCUT2D eigenvalue weighted by atomic mass is 16.5. The molecular formula is C19H24N2O6. The van der Waals surface area contributed by atoms with Gasteiger partial charge in [-0.25, -0.2) is 4.79 Å². The molecular weight excluding hydrogens is 352 g/mol. The van der Waals surface area contributed by atoms with Crippen LogP contribution in [0.4, 0.5) is 4.79 Å². The maximum absolute atomic E-state index is 12.9. The first kappa shape index (κ1) is 20.6. The fraction of sp³-hybridized carbons (Fsp3) is 0.474. The number of imide groups is 2.